The first-order chi connectivity index (χ1) is 8.53. The minimum Gasteiger partial charge on any atom is -0.369 e. The molecule has 3 N–H and O–H groups in total. The van der Waals surface area contributed by atoms with Crippen molar-refractivity contribution in [3.8, 4) is 12.1 Å². The minimum absolute atomic E-state index is 0.00861. The standard InChI is InChI=1S/C11H14N6O/c1-3-7(2)15-10(18)6-17-9(5-13)8(4-12)16-11(17)14/h7H,3,6H2,1-2H3,(H2,14,16)(H,15,18). The van der Waals surface area contributed by atoms with E-state index in [0.29, 0.717) is 0 Å². The first-order valence-electron chi connectivity index (χ1n) is 5.49. The third-order valence-corrected chi connectivity index (χ3v) is 2.53. The van der Waals surface area contributed by atoms with Gasteiger partial charge in [-0.25, -0.2) is 4.98 Å². The number of carbonyl (C=O) groups is 1. The molecule has 1 unspecified atom stereocenters. The molecule has 0 spiro atoms. The number of rotatable bonds is 4. The van der Waals surface area contributed by atoms with Crippen molar-refractivity contribution in [2.75, 3.05) is 5.73 Å². The fourth-order valence-electron chi connectivity index (χ4n) is 1.39. The number of nitrogen functional groups attached to an aromatic ring is 1. The second-order valence-corrected chi connectivity index (χ2v) is 3.85. The average molecular weight is 246 g/mol. The van der Waals surface area contributed by atoms with Crippen LogP contribution in [0.4, 0.5) is 5.95 Å². The highest BCUT2D eigenvalue weighted by Gasteiger charge is 2.17. The van der Waals surface area contributed by atoms with E-state index in [9.17, 15) is 4.79 Å². The first-order valence-corrected chi connectivity index (χ1v) is 5.49. The molecular formula is C11H14N6O. The lowest BCUT2D eigenvalue weighted by Crippen LogP contribution is -2.35. The molecule has 7 nitrogen and oxygen atoms in total. The summed E-state index contributed by atoms with van der Waals surface area (Å²) < 4.78 is 1.23. The molecule has 0 aliphatic carbocycles. The second kappa shape index (κ2) is 5.69. The van der Waals surface area contributed by atoms with Crippen molar-refractivity contribution < 1.29 is 4.79 Å². The van der Waals surface area contributed by atoms with Crippen LogP contribution >= 0.6 is 0 Å². The third-order valence-electron chi connectivity index (χ3n) is 2.53. The highest BCUT2D eigenvalue weighted by molar-refractivity contribution is 5.76. The lowest BCUT2D eigenvalue weighted by Gasteiger charge is -2.12. The molecule has 0 fully saturated rings. The predicted octanol–water partition coefficient (Wildman–Crippen LogP) is 0.123. The van der Waals surface area contributed by atoms with E-state index >= 15 is 0 Å². The van der Waals surface area contributed by atoms with Crippen LogP contribution in [0, 0.1) is 22.7 Å². The zero-order chi connectivity index (χ0) is 13.7. The molecular weight excluding hydrogens is 232 g/mol. The number of anilines is 1. The maximum atomic E-state index is 11.7. The van der Waals surface area contributed by atoms with E-state index in [4.69, 9.17) is 16.3 Å². The zero-order valence-corrected chi connectivity index (χ0v) is 10.3. The molecule has 0 saturated carbocycles. The van der Waals surface area contributed by atoms with Crippen LogP contribution in [0.3, 0.4) is 0 Å². The van der Waals surface area contributed by atoms with Gasteiger partial charge in [-0.3, -0.25) is 9.36 Å². The first kappa shape index (κ1) is 13.5. The lowest BCUT2D eigenvalue weighted by molar-refractivity contribution is -0.122. The number of hydrogen-bond acceptors (Lipinski definition) is 5. The quantitative estimate of drug-likeness (QED) is 0.781. The van der Waals surface area contributed by atoms with E-state index in [1.165, 1.54) is 4.57 Å². The summed E-state index contributed by atoms with van der Waals surface area (Å²) in [5.74, 6) is -0.281. The fraction of sp³-hybridized carbons (Fsp3) is 0.455. The molecule has 0 aliphatic heterocycles. The molecule has 0 saturated heterocycles. The summed E-state index contributed by atoms with van der Waals surface area (Å²) >= 11 is 0. The maximum absolute atomic E-state index is 11.7. The van der Waals surface area contributed by atoms with Gasteiger partial charge >= 0.3 is 0 Å². The number of nitriles is 2. The van der Waals surface area contributed by atoms with Gasteiger partial charge < -0.3 is 11.1 Å². The molecule has 0 bridgehead atoms. The number of imidazole rings is 1. The molecule has 1 atom stereocenters. The van der Waals surface area contributed by atoms with Crippen molar-refractivity contribution in [1.29, 1.82) is 10.5 Å². The number of hydrogen-bond donors (Lipinski definition) is 2. The average Bonchev–Trinajstić information content (AvgIpc) is 2.65. The number of nitrogens with zero attached hydrogens (tertiary/aromatic N) is 4. The Bertz CT molecular complexity index is 533. The van der Waals surface area contributed by atoms with Crippen LogP contribution < -0.4 is 11.1 Å². The molecule has 1 amide bonds. The van der Waals surface area contributed by atoms with Crippen LogP contribution in [0.5, 0.6) is 0 Å². The number of amides is 1. The van der Waals surface area contributed by atoms with Gasteiger partial charge in [0.1, 0.15) is 18.7 Å². The topological polar surface area (TPSA) is 121 Å². The molecule has 0 radical (unpaired) electrons. The molecule has 7 heteroatoms. The summed E-state index contributed by atoms with van der Waals surface area (Å²) in [6.45, 7) is 3.71. The van der Waals surface area contributed by atoms with Crippen LogP contribution in [0.25, 0.3) is 0 Å². The Morgan fingerprint density at radius 3 is 2.72 bits per heavy atom. The van der Waals surface area contributed by atoms with Gasteiger partial charge in [0.25, 0.3) is 0 Å². The molecule has 1 aromatic rings. The molecule has 1 aromatic heterocycles. The van der Waals surface area contributed by atoms with Crippen molar-refractivity contribution in [1.82, 2.24) is 14.9 Å². The van der Waals surface area contributed by atoms with E-state index in [2.05, 4.69) is 10.3 Å². The van der Waals surface area contributed by atoms with E-state index in [0.717, 1.165) is 6.42 Å². The third kappa shape index (κ3) is 2.77. The predicted molar refractivity (Wildman–Crippen MR) is 64.0 cm³/mol. The Morgan fingerprint density at radius 2 is 2.22 bits per heavy atom. The fourth-order valence-corrected chi connectivity index (χ4v) is 1.39. The molecule has 18 heavy (non-hydrogen) atoms. The van der Waals surface area contributed by atoms with Gasteiger partial charge in [-0.15, -0.1) is 0 Å². The Hall–Kier alpha value is -2.54. The zero-order valence-electron chi connectivity index (χ0n) is 10.3. The largest absolute Gasteiger partial charge is 0.369 e. The summed E-state index contributed by atoms with van der Waals surface area (Å²) in [6, 6.07) is 3.64. The van der Waals surface area contributed by atoms with Crippen LogP contribution in [0.2, 0.25) is 0 Å². The highest BCUT2D eigenvalue weighted by atomic mass is 16.2. The molecule has 1 rings (SSSR count). The van der Waals surface area contributed by atoms with Crippen molar-refractivity contribution >= 4 is 11.9 Å². The van der Waals surface area contributed by atoms with Crippen LogP contribution in [-0.4, -0.2) is 21.5 Å². The minimum atomic E-state index is -0.269. The Balaban J connectivity index is 2.92. The number of nitrogens with one attached hydrogen (secondary N) is 1. The van der Waals surface area contributed by atoms with Crippen LogP contribution in [0.15, 0.2) is 0 Å². The SMILES string of the molecule is CCC(C)NC(=O)Cn1c(N)nc(C#N)c1C#N. The van der Waals surface area contributed by atoms with Crippen molar-refractivity contribution in [3.63, 3.8) is 0 Å². The summed E-state index contributed by atoms with van der Waals surface area (Å²) in [7, 11) is 0. The van der Waals surface area contributed by atoms with Gasteiger partial charge in [-0.2, -0.15) is 10.5 Å². The second-order valence-electron chi connectivity index (χ2n) is 3.85. The monoisotopic (exact) mass is 246 g/mol. The van der Waals surface area contributed by atoms with Crippen molar-refractivity contribution in [3.05, 3.63) is 11.4 Å². The summed E-state index contributed by atoms with van der Waals surface area (Å²) in [5.41, 5.74) is 5.52. The number of carbonyl (C=O) groups excluding carboxylic acids is 1. The van der Waals surface area contributed by atoms with E-state index in [1.807, 2.05) is 19.9 Å². The molecule has 94 valence electrons. The maximum Gasteiger partial charge on any atom is 0.240 e. The van der Waals surface area contributed by atoms with E-state index in [-0.39, 0.29) is 35.8 Å². The van der Waals surface area contributed by atoms with Gasteiger partial charge in [0.15, 0.2) is 11.4 Å². The van der Waals surface area contributed by atoms with Gasteiger partial charge in [-0.05, 0) is 13.3 Å². The van der Waals surface area contributed by atoms with Gasteiger partial charge in [-0.1, -0.05) is 6.92 Å². The van der Waals surface area contributed by atoms with E-state index in [1.54, 1.807) is 6.07 Å². The number of aromatic nitrogens is 2. The Kier molecular flexibility index (Phi) is 4.27. The van der Waals surface area contributed by atoms with Gasteiger partial charge in [0.05, 0.1) is 0 Å². The molecule has 0 aliphatic rings. The highest BCUT2D eigenvalue weighted by Crippen LogP contribution is 2.11. The summed E-state index contributed by atoms with van der Waals surface area (Å²) in [6.07, 6.45) is 0.805. The lowest BCUT2D eigenvalue weighted by atomic mass is 10.2. The van der Waals surface area contributed by atoms with Gasteiger partial charge in [0.2, 0.25) is 11.9 Å². The van der Waals surface area contributed by atoms with Crippen molar-refractivity contribution in [2.45, 2.75) is 32.9 Å². The van der Waals surface area contributed by atoms with E-state index < -0.39 is 0 Å². The van der Waals surface area contributed by atoms with Gasteiger partial charge in [0, 0.05) is 6.04 Å². The smallest absolute Gasteiger partial charge is 0.240 e. The Labute approximate surface area is 105 Å². The summed E-state index contributed by atoms with van der Waals surface area (Å²) in [5, 5.41) is 20.5. The summed E-state index contributed by atoms with van der Waals surface area (Å²) in [4.78, 5) is 15.4. The van der Waals surface area contributed by atoms with Crippen LogP contribution in [-0.2, 0) is 11.3 Å². The Morgan fingerprint density at radius 1 is 1.56 bits per heavy atom. The number of nitrogens with two attached hydrogens (primary N) is 1. The molecule has 0 aromatic carbocycles. The van der Waals surface area contributed by atoms with Crippen LogP contribution in [0.1, 0.15) is 31.7 Å². The van der Waals surface area contributed by atoms with Crippen molar-refractivity contribution in [2.24, 2.45) is 0 Å². The normalized spacial score (nSPS) is 11.3. The molecule has 1 heterocycles.